The molecule has 3 nitrogen and oxygen atoms in total. The first-order chi connectivity index (χ1) is 10.2. The van der Waals surface area contributed by atoms with Crippen LogP contribution in [0.25, 0.3) is 0 Å². The monoisotopic (exact) mass is 283 g/mol. The van der Waals surface area contributed by atoms with E-state index in [1.165, 1.54) is 5.56 Å². The number of methoxy groups -OCH3 is 1. The Kier molecular flexibility index (Phi) is 5.52. The van der Waals surface area contributed by atoms with E-state index in [0.29, 0.717) is 6.61 Å². The topological polar surface area (TPSA) is 38.3 Å². The van der Waals surface area contributed by atoms with Gasteiger partial charge in [0.25, 0.3) is 5.91 Å². The second kappa shape index (κ2) is 7.60. The molecule has 0 heterocycles. The Labute approximate surface area is 126 Å². The van der Waals surface area contributed by atoms with Crippen LogP contribution in [0.3, 0.4) is 0 Å². The van der Waals surface area contributed by atoms with E-state index < -0.39 is 0 Å². The number of amides is 1. The maximum Gasteiger partial charge on any atom is 0.251 e. The Morgan fingerprint density at radius 1 is 1.10 bits per heavy atom. The van der Waals surface area contributed by atoms with Crippen molar-refractivity contribution in [2.75, 3.05) is 13.7 Å². The van der Waals surface area contributed by atoms with Crippen LogP contribution >= 0.6 is 0 Å². The normalized spacial score (nSPS) is 11.9. The fourth-order valence-corrected chi connectivity index (χ4v) is 2.30. The van der Waals surface area contributed by atoms with E-state index in [0.717, 1.165) is 17.5 Å². The lowest BCUT2D eigenvalue weighted by atomic mass is 9.99. The first-order valence-corrected chi connectivity index (χ1v) is 7.12. The van der Waals surface area contributed by atoms with Crippen molar-refractivity contribution in [2.45, 2.75) is 19.4 Å². The van der Waals surface area contributed by atoms with Gasteiger partial charge in [-0.05, 0) is 30.5 Å². The minimum atomic E-state index is -0.0499. The smallest absolute Gasteiger partial charge is 0.251 e. The summed E-state index contributed by atoms with van der Waals surface area (Å²) >= 11 is 0. The van der Waals surface area contributed by atoms with Gasteiger partial charge in [-0.1, -0.05) is 48.5 Å². The molecule has 3 heteroatoms. The molecule has 0 saturated heterocycles. The van der Waals surface area contributed by atoms with Crippen LogP contribution in [0, 0.1) is 0 Å². The lowest BCUT2D eigenvalue weighted by Crippen LogP contribution is -2.36. The molecule has 2 aromatic rings. The quantitative estimate of drug-likeness (QED) is 0.885. The highest BCUT2D eigenvalue weighted by Crippen LogP contribution is 2.14. The lowest BCUT2D eigenvalue weighted by molar-refractivity contribution is 0.0905. The molecule has 2 rings (SSSR count). The number of carbonyl (C=O) groups excluding carboxylic acids is 1. The van der Waals surface area contributed by atoms with Crippen molar-refractivity contribution < 1.29 is 9.53 Å². The highest BCUT2D eigenvalue weighted by molar-refractivity contribution is 5.96. The Morgan fingerprint density at radius 2 is 1.76 bits per heavy atom. The van der Waals surface area contributed by atoms with Crippen molar-refractivity contribution in [3.8, 4) is 0 Å². The third-order valence-corrected chi connectivity index (χ3v) is 3.29. The number of benzene rings is 2. The molecule has 0 aliphatic heterocycles. The summed E-state index contributed by atoms with van der Waals surface area (Å²) in [5.41, 5.74) is 2.96. The molecule has 21 heavy (non-hydrogen) atoms. The van der Waals surface area contributed by atoms with Gasteiger partial charge in [-0.2, -0.15) is 0 Å². The van der Waals surface area contributed by atoms with Gasteiger partial charge >= 0.3 is 0 Å². The first kappa shape index (κ1) is 15.3. The molecule has 2 aromatic carbocycles. The van der Waals surface area contributed by atoms with Gasteiger partial charge in [0.2, 0.25) is 0 Å². The molecular formula is C18H21NO2. The van der Waals surface area contributed by atoms with E-state index in [9.17, 15) is 4.79 Å². The minimum Gasteiger partial charge on any atom is -0.383 e. The molecule has 0 saturated carbocycles. The Bertz CT molecular complexity index is 581. The third-order valence-electron chi connectivity index (χ3n) is 3.29. The Morgan fingerprint density at radius 3 is 2.48 bits per heavy atom. The van der Waals surface area contributed by atoms with Crippen molar-refractivity contribution in [3.05, 3.63) is 71.3 Å². The van der Waals surface area contributed by atoms with E-state index in [1.54, 1.807) is 7.11 Å². The SMILES string of the molecule is COC[C@@H](C)NC(=O)c1ccccc1Cc1ccccc1. The van der Waals surface area contributed by atoms with Crippen molar-refractivity contribution in [1.29, 1.82) is 0 Å². The maximum atomic E-state index is 12.4. The van der Waals surface area contributed by atoms with Gasteiger partial charge in [0.15, 0.2) is 0 Å². The summed E-state index contributed by atoms with van der Waals surface area (Å²) in [6.45, 7) is 2.44. The molecule has 0 radical (unpaired) electrons. The number of hydrogen-bond donors (Lipinski definition) is 1. The van der Waals surface area contributed by atoms with Crippen LogP contribution in [-0.2, 0) is 11.2 Å². The van der Waals surface area contributed by atoms with Gasteiger partial charge in [0, 0.05) is 18.7 Å². The average molecular weight is 283 g/mol. The fourth-order valence-electron chi connectivity index (χ4n) is 2.30. The van der Waals surface area contributed by atoms with Crippen molar-refractivity contribution in [2.24, 2.45) is 0 Å². The lowest BCUT2D eigenvalue weighted by Gasteiger charge is -2.15. The molecule has 0 spiro atoms. The minimum absolute atomic E-state index is 0.00715. The first-order valence-electron chi connectivity index (χ1n) is 7.12. The molecule has 0 aliphatic rings. The molecule has 0 aromatic heterocycles. The molecule has 110 valence electrons. The standard InChI is InChI=1S/C18H21NO2/c1-14(13-21-2)19-18(20)17-11-7-6-10-16(17)12-15-8-4-3-5-9-15/h3-11,14H,12-13H2,1-2H3,(H,19,20)/t14-/m1/s1. The average Bonchev–Trinajstić information content (AvgIpc) is 2.49. The summed E-state index contributed by atoms with van der Waals surface area (Å²) in [4.78, 5) is 12.4. The Balaban J connectivity index is 2.15. The number of nitrogens with one attached hydrogen (secondary N) is 1. The maximum absolute atomic E-state index is 12.4. The van der Waals surface area contributed by atoms with E-state index in [-0.39, 0.29) is 11.9 Å². The predicted octanol–water partition coefficient (Wildman–Crippen LogP) is 3.04. The summed E-state index contributed by atoms with van der Waals surface area (Å²) < 4.78 is 5.05. The molecule has 1 atom stereocenters. The zero-order valence-electron chi connectivity index (χ0n) is 12.5. The van der Waals surface area contributed by atoms with Crippen LogP contribution in [-0.4, -0.2) is 25.7 Å². The molecule has 1 N–H and O–H groups in total. The summed E-state index contributed by atoms with van der Waals surface area (Å²) in [6.07, 6.45) is 0.753. The highest BCUT2D eigenvalue weighted by Gasteiger charge is 2.13. The summed E-state index contributed by atoms with van der Waals surface area (Å²) in [7, 11) is 1.63. The van der Waals surface area contributed by atoms with Crippen LogP contribution in [0.5, 0.6) is 0 Å². The molecule has 0 fully saturated rings. The van der Waals surface area contributed by atoms with E-state index in [4.69, 9.17) is 4.74 Å². The zero-order chi connectivity index (χ0) is 15.1. The molecule has 1 amide bonds. The predicted molar refractivity (Wildman–Crippen MR) is 84.5 cm³/mol. The van der Waals surface area contributed by atoms with Crippen LogP contribution in [0.1, 0.15) is 28.4 Å². The number of rotatable bonds is 6. The van der Waals surface area contributed by atoms with Crippen LogP contribution in [0.4, 0.5) is 0 Å². The van der Waals surface area contributed by atoms with E-state index >= 15 is 0 Å². The van der Waals surface area contributed by atoms with Gasteiger partial charge in [0.1, 0.15) is 0 Å². The van der Waals surface area contributed by atoms with E-state index in [2.05, 4.69) is 17.4 Å². The van der Waals surface area contributed by atoms with Gasteiger partial charge in [-0.3, -0.25) is 4.79 Å². The molecule has 0 bridgehead atoms. The number of hydrogen-bond acceptors (Lipinski definition) is 2. The van der Waals surface area contributed by atoms with Gasteiger partial charge in [-0.15, -0.1) is 0 Å². The van der Waals surface area contributed by atoms with Gasteiger partial charge in [0.05, 0.1) is 6.61 Å². The Hall–Kier alpha value is -2.13. The number of ether oxygens (including phenoxy) is 1. The van der Waals surface area contributed by atoms with Crippen molar-refractivity contribution in [1.82, 2.24) is 5.32 Å². The summed E-state index contributed by atoms with van der Waals surface area (Å²) in [5, 5.41) is 2.96. The largest absolute Gasteiger partial charge is 0.383 e. The van der Waals surface area contributed by atoms with E-state index in [1.807, 2.05) is 49.4 Å². The second-order valence-corrected chi connectivity index (χ2v) is 5.15. The highest BCUT2D eigenvalue weighted by atomic mass is 16.5. The van der Waals surface area contributed by atoms with Crippen LogP contribution < -0.4 is 5.32 Å². The summed E-state index contributed by atoms with van der Waals surface area (Å²) in [5.74, 6) is -0.0499. The van der Waals surface area contributed by atoms with Crippen LogP contribution in [0.2, 0.25) is 0 Å². The molecule has 0 unspecified atom stereocenters. The zero-order valence-corrected chi connectivity index (χ0v) is 12.5. The fraction of sp³-hybridized carbons (Fsp3) is 0.278. The molecular weight excluding hydrogens is 262 g/mol. The van der Waals surface area contributed by atoms with Crippen molar-refractivity contribution in [3.63, 3.8) is 0 Å². The summed E-state index contributed by atoms with van der Waals surface area (Å²) in [6, 6.07) is 17.9. The number of carbonyl (C=O) groups is 1. The third kappa shape index (κ3) is 4.43. The van der Waals surface area contributed by atoms with Gasteiger partial charge in [-0.25, -0.2) is 0 Å². The molecule has 0 aliphatic carbocycles. The van der Waals surface area contributed by atoms with Crippen molar-refractivity contribution >= 4 is 5.91 Å². The van der Waals surface area contributed by atoms with Crippen LogP contribution in [0.15, 0.2) is 54.6 Å². The second-order valence-electron chi connectivity index (χ2n) is 5.15. The van der Waals surface area contributed by atoms with Gasteiger partial charge < -0.3 is 10.1 Å².